The molecule has 2 aromatic rings. The van der Waals surface area contributed by atoms with Crippen molar-refractivity contribution < 1.29 is 0 Å². The van der Waals surface area contributed by atoms with Crippen LogP contribution in [0.3, 0.4) is 0 Å². The summed E-state index contributed by atoms with van der Waals surface area (Å²) in [6.45, 7) is 5.79. The summed E-state index contributed by atoms with van der Waals surface area (Å²) in [5.41, 5.74) is 1.26. The van der Waals surface area contributed by atoms with Gasteiger partial charge in [0.15, 0.2) is 0 Å². The van der Waals surface area contributed by atoms with Gasteiger partial charge in [0.05, 0.1) is 6.54 Å². The molecule has 0 bridgehead atoms. The lowest BCUT2D eigenvalue weighted by molar-refractivity contribution is 0.523. The van der Waals surface area contributed by atoms with Gasteiger partial charge >= 0.3 is 0 Å². The summed E-state index contributed by atoms with van der Waals surface area (Å²) < 4.78 is 3.01. The first-order chi connectivity index (χ1) is 8.70. The minimum absolute atomic E-state index is 0.292. The van der Waals surface area contributed by atoms with Gasteiger partial charge in [-0.15, -0.1) is 0 Å². The van der Waals surface area contributed by atoms with Crippen LogP contribution in [0.15, 0.2) is 35.1 Å². The maximum absolute atomic E-state index is 4.25. The first-order valence-corrected chi connectivity index (χ1v) is 6.85. The van der Waals surface area contributed by atoms with Gasteiger partial charge in [-0.25, -0.2) is 9.67 Å². The summed E-state index contributed by atoms with van der Waals surface area (Å²) in [5.74, 6) is 0.974. The van der Waals surface area contributed by atoms with E-state index < -0.39 is 0 Å². The molecule has 1 atom stereocenters. The second-order valence-corrected chi connectivity index (χ2v) is 5.06. The van der Waals surface area contributed by atoms with Crippen molar-refractivity contribution in [2.75, 3.05) is 0 Å². The molecule has 0 aliphatic rings. The molecule has 96 valence electrons. The van der Waals surface area contributed by atoms with Crippen LogP contribution in [-0.4, -0.2) is 14.8 Å². The lowest BCUT2D eigenvalue weighted by Crippen LogP contribution is -2.20. The first-order valence-electron chi connectivity index (χ1n) is 6.06. The van der Waals surface area contributed by atoms with Crippen molar-refractivity contribution in [3.63, 3.8) is 0 Å². The lowest BCUT2D eigenvalue weighted by atomic mass is 10.1. The van der Waals surface area contributed by atoms with E-state index in [1.165, 1.54) is 5.56 Å². The van der Waals surface area contributed by atoms with E-state index in [2.05, 4.69) is 69.4 Å². The molecule has 0 aliphatic carbocycles. The number of benzene rings is 1. The molecule has 18 heavy (non-hydrogen) atoms. The average Bonchev–Trinajstić information content (AvgIpc) is 2.84. The second kappa shape index (κ2) is 6.11. The van der Waals surface area contributed by atoms with Gasteiger partial charge in [-0.3, -0.25) is 0 Å². The van der Waals surface area contributed by atoms with Crippen LogP contribution < -0.4 is 5.32 Å². The standard InChI is InChI=1S/C13H17BrN4/c1-3-18-13(16-9-17-18)8-15-10(2)11-4-6-12(14)7-5-11/h4-7,9-10,15H,3,8H2,1-2H3/t10-/m0/s1. The molecule has 0 amide bonds. The largest absolute Gasteiger partial charge is 0.303 e. The van der Waals surface area contributed by atoms with Crippen LogP contribution in [0.25, 0.3) is 0 Å². The normalized spacial score (nSPS) is 12.6. The number of aryl methyl sites for hydroxylation is 1. The Morgan fingerprint density at radius 3 is 2.72 bits per heavy atom. The molecule has 1 heterocycles. The van der Waals surface area contributed by atoms with Gasteiger partial charge in [0, 0.05) is 17.1 Å². The van der Waals surface area contributed by atoms with Gasteiger partial charge in [-0.2, -0.15) is 5.10 Å². The predicted octanol–water partition coefficient (Wildman–Crippen LogP) is 2.91. The van der Waals surface area contributed by atoms with Crippen LogP contribution in [0.2, 0.25) is 0 Å². The highest BCUT2D eigenvalue weighted by Gasteiger charge is 2.07. The van der Waals surface area contributed by atoms with Crippen molar-refractivity contribution in [1.82, 2.24) is 20.1 Å². The third-order valence-corrected chi connectivity index (χ3v) is 3.46. The zero-order valence-electron chi connectivity index (χ0n) is 10.6. The fourth-order valence-corrected chi connectivity index (χ4v) is 2.07. The third kappa shape index (κ3) is 3.17. The maximum Gasteiger partial charge on any atom is 0.140 e. The fourth-order valence-electron chi connectivity index (χ4n) is 1.80. The lowest BCUT2D eigenvalue weighted by Gasteiger charge is -2.14. The first kappa shape index (κ1) is 13.2. The van der Waals surface area contributed by atoms with E-state index in [-0.39, 0.29) is 0 Å². The summed E-state index contributed by atoms with van der Waals surface area (Å²) in [7, 11) is 0. The Balaban J connectivity index is 1.96. The smallest absolute Gasteiger partial charge is 0.140 e. The van der Waals surface area contributed by atoms with Gasteiger partial charge in [-0.05, 0) is 31.5 Å². The van der Waals surface area contributed by atoms with Gasteiger partial charge < -0.3 is 5.32 Å². The number of halogens is 1. The maximum atomic E-state index is 4.25. The monoisotopic (exact) mass is 308 g/mol. The van der Waals surface area contributed by atoms with Crippen LogP contribution in [0.1, 0.15) is 31.3 Å². The predicted molar refractivity (Wildman–Crippen MR) is 75.1 cm³/mol. The van der Waals surface area contributed by atoms with Crippen molar-refractivity contribution in [3.05, 3.63) is 46.5 Å². The molecular weight excluding hydrogens is 292 g/mol. The number of rotatable bonds is 5. The Kier molecular flexibility index (Phi) is 4.49. The molecule has 0 radical (unpaired) electrons. The molecule has 0 aliphatic heterocycles. The van der Waals surface area contributed by atoms with Crippen LogP contribution >= 0.6 is 15.9 Å². The molecule has 5 heteroatoms. The summed E-state index contributed by atoms with van der Waals surface area (Å²) in [5, 5.41) is 7.61. The third-order valence-electron chi connectivity index (χ3n) is 2.93. The highest BCUT2D eigenvalue weighted by molar-refractivity contribution is 9.10. The SMILES string of the molecule is CCn1ncnc1CN[C@@H](C)c1ccc(Br)cc1. The molecule has 0 unspecified atom stereocenters. The number of nitrogens with zero attached hydrogens (tertiary/aromatic N) is 3. The molecule has 0 saturated carbocycles. The molecule has 0 spiro atoms. The minimum atomic E-state index is 0.292. The van der Waals surface area contributed by atoms with E-state index in [9.17, 15) is 0 Å². The zero-order chi connectivity index (χ0) is 13.0. The Morgan fingerprint density at radius 1 is 1.33 bits per heavy atom. The van der Waals surface area contributed by atoms with Crippen molar-refractivity contribution >= 4 is 15.9 Å². The van der Waals surface area contributed by atoms with E-state index in [0.717, 1.165) is 23.4 Å². The van der Waals surface area contributed by atoms with Crippen LogP contribution in [0.4, 0.5) is 0 Å². The molecule has 0 saturated heterocycles. The van der Waals surface area contributed by atoms with Crippen LogP contribution in [0, 0.1) is 0 Å². The Hall–Kier alpha value is -1.20. The summed E-state index contributed by atoms with van der Waals surface area (Å²) in [4.78, 5) is 4.25. The highest BCUT2D eigenvalue weighted by Crippen LogP contribution is 2.16. The Labute approximate surface area is 116 Å². The van der Waals surface area contributed by atoms with Crippen molar-refractivity contribution in [3.8, 4) is 0 Å². The average molecular weight is 309 g/mol. The number of nitrogens with one attached hydrogen (secondary N) is 1. The van der Waals surface area contributed by atoms with Crippen LogP contribution in [-0.2, 0) is 13.1 Å². The molecule has 1 N–H and O–H groups in total. The van der Waals surface area contributed by atoms with Gasteiger partial charge in [0.1, 0.15) is 12.2 Å². The van der Waals surface area contributed by atoms with Crippen molar-refractivity contribution in [2.45, 2.75) is 33.0 Å². The van der Waals surface area contributed by atoms with E-state index in [1.807, 2.05) is 4.68 Å². The van der Waals surface area contributed by atoms with Crippen molar-refractivity contribution in [1.29, 1.82) is 0 Å². The topological polar surface area (TPSA) is 42.7 Å². The molecule has 2 rings (SSSR count). The van der Waals surface area contributed by atoms with E-state index in [0.29, 0.717) is 6.04 Å². The van der Waals surface area contributed by atoms with Gasteiger partial charge in [0.2, 0.25) is 0 Å². The van der Waals surface area contributed by atoms with E-state index in [1.54, 1.807) is 6.33 Å². The van der Waals surface area contributed by atoms with Gasteiger partial charge in [-0.1, -0.05) is 28.1 Å². The summed E-state index contributed by atoms with van der Waals surface area (Å²) in [6.07, 6.45) is 1.60. The molecular formula is C13H17BrN4. The van der Waals surface area contributed by atoms with Crippen LogP contribution in [0.5, 0.6) is 0 Å². The molecule has 1 aromatic carbocycles. The van der Waals surface area contributed by atoms with Gasteiger partial charge in [0.25, 0.3) is 0 Å². The minimum Gasteiger partial charge on any atom is -0.303 e. The zero-order valence-corrected chi connectivity index (χ0v) is 12.2. The number of hydrogen-bond acceptors (Lipinski definition) is 3. The Bertz CT molecular complexity index is 492. The second-order valence-electron chi connectivity index (χ2n) is 4.15. The molecule has 0 fully saturated rings. The summed E-state index contributed by atoms with van der Waals surface area (Å²) >= 11 is 3.44. The van der Waals surface area contributed by atoms with E-state index >= 15 is 0 Å². The molecule has 1 aromatic heterocycles. The highest BCUT2D eigenvalue weighted by atomic mass is 79.9. The molecule has 4 nitrogen and oxygen atoms in total. The number of hydrogen-bond donors (Lipinski definition) is 1. The quantitative estimate of drug-likeness (QED) is 0.923. The van der Waals surface area contributed by atoms with Crippen molar-refractivity contribution in [2.24, 2.45) is 0 Å². The number of aromatic nitrogens is 3. The van der Waals surface area contributed by atoms with E-state index in [4.69, 9.17) is 0 Å². The Morgan fingerprint density at radius 2 is 2.06 bits per heavy atom. The fraction of sp³-hybridized carbons (Fsp3) is 0.385. The summed E-state index contributed by atoms with van der Waals surface area (Å²) in [6, 6.07) is 8.64.